The highest BCUT2D eigenvalue weighted by molar-refractivity contribution is 5.68. The number of rotatable bonds is 3. The fraction of sp³-hybridized carbons (Fsp3) is 0.267. The zero-order chi connectivity index (χ0) is 13.1. The molecular weight excluding hydrogens is 224 g/mol. The van der Waals surface area contributed by atoms with E-state index in [0.717, 1.165) is 16.9 Å². The number of nitrogens with zero attached hydrogens (tertiary/aromatic N) is 2. The molecule has 0 radical (unpaired) electrons. The molecule has 0 saturated heterocycles. The van der Waals surface area contributed by atoms with E-state index < -0.39 is 0 Å². The summed E-state index contributed by atoms with van der Waals surface area (Å²) in [5, 5.41) is 9.36. The number of benzene rings is 1. The van der Waals surface area contributed by atoms with Gasteiger partial charge in [0, 0.05) is 36.4 Å². The molecule has 1 N–H and O–H groups in total. The molecule has 0 bridgehead atoms. The third-order valence-corrected chi connectivity index (χ3v) is 3.12. The summed E-state index contributed by atoms with van der Waals surface area (Å²) in [6.07, 6.45) is 3.45. The number of aryl methyl sites for hydroxylation is 2. The molecule has 0 amide bonds. The van der Waals surface area contributed by atoms with Crippen molar-refractivity contribution in [3.63, 3.8) is 0 Å². The van der Waals surface area contributed by atoms with Crippen molar-refractivity contribution in [3.8, 4) is 0 Å². The number of hydrogen-bond acceptors (Lipinski definition) is 3. The second kappa shape index (κ2) is 5.19. The second-order valence-corrected chi connectivity index (χ2v) is 4.51. The lowest BCUT2D eigenvalue weighted by molar-refractivity contribution is 0.282. The van der Waals surface area contributed by atoms with E-state index in [9.17, 15) is 5.11 Å². The third kappa shape index (κ3) is 2.36. The molecule has 1 aromatic heterocycles. The number of anilines is 2. The van der Waals surface area contributed by atoms with Gasteiger partial charge in [-0.3, -0.25) is 4.98 Å². The number of aliphatic hydroxyl groups excluding tert-OH is 1. The molecule has 0 saturated carbocycles. The van der Waals surface area contributed by atoms with Gasteiger partial charge in [-0.25, -0.2) is 0 Å². The van der Waals surface area contributed by atoms with Crippen LogP contribution >= 0.6 is 0 Å². The molecule has 0 aliphatic rings. The predicted octanol–water partition coefficient (Wildman–Crippen LogP) is 2.96. The highest BCUT2D eigenvalue weighted by Gasteiger charge is 2.10. The van der Waals surface area contributed by atoms with Gasteiger partial charge in [0.25, 0.3) is 0 Å². The predicted molar refractivity (Wildman–Crippen MR) is 74.1 cm³/mol. The molecule has 2 aromatic rings. The van der Waals surface area contributed by atoms with Crippen LogP contribution in [0.4, 0.5) is 11.4 Å². The minimum absolute atomic E-state index is 0.00157. The van der Waals surface area contributed by atoms with E-state index in [1.54, 1.807) is 12.4 Å². The Morgan fingerprint density at radius 3 is 2.61 bits per heavy atom. The minimum atomic E-state index is -0.00157. The Kier molecular flexibility index (Phi) is 3.63. The number of aromatic nitrogens is 1. The molecule has 18 heavy (non-hydrogen) atoms. The zero-order valence-electron chi connectivity index (χ0n) is 11.0. The van der Waals surface area contributed by atoms with Crippen LogP contribution in [0, 0.1) is 13.8 Å². The summed E-state index contributed by atoms with van der Waals surface area (Å²) in [5.74, 6) is 0. The van der Waals surface area contributed by atoms with Gasteiger partial charge < -0.3 is 10.0 Å². The van der Waals surface area contributed by atoms with Crippen LogP contribution < -0.4 is 4.90 Å². The summed E-state index contributed by atoms with van der Waals surface area (Å²) in [6, 6.07) is 8.28. The summed E-state index contributed by atoms with van der Waals surface area (Å²) in [7, 11) is 2.01. The SMILES string of the molecule is Cc1ccc(N(C)c2ccncc2CO)c(C)c1. The largest absolute Gasteiger partial charge is 0.392 e. The van der Waals surface area contributed by atoms with Crippen molar-refractivity contribution in [1.82, 2.24) is 4.98 Å². The Morgan fingerprint density at radius 1 is 1.17 bits per heavy atom. The quantitative estimate of drug-likeness (QED) is 0.899. The maximum atomic E-state index is 9.36. The Balaban J connectivity index is 2.44. The average molecular weight is 242 g/mol. The molecule has 0 atom stereocenters. The van der Waals surface area contributed by atoms with E-state index in [4.69, 9.17) is 0 Å². The monoisotopic (exact) mass is 242 g/mol. The Labute approximate surface area is 108 Å². The van der Waals surface area contributed by atoms with Crippen molar-refractivity contribution >= 4 is 11.4 Å². The van der Waals surface area contributed by atoms with Crippen molar-refractivity contribution in [2.24, 2.45) is 0 Å². The van der Waals surface area contributed by atoms with Crippen molar-refractivity contribution in [1.29, 1.82) is 0 Å². The fourth-order valence-electron chi connectivity index (χ4n) is 2.18. The van der Waals surface area contributed by atoms with Crippen LogP contribution in [0.1, 0.15) is 16.7 Å². The lowest BCUT2D eigenvalue weighted by atomic mass is 10.1. The number of pyridine rings is 1. The Morgan fingerprint density at radius 2 is 1.94 bits per heavy atom. The first-order valence-corrected chi connectivity index (χ1v) is 5.98. The Hall–Kier alpha value is -1.87. The molecule has 1 heterocycles. The topological polar surface area (TPSA) is 36.4 Å². The highest BCUT2D eigenvalue weighted by atomic mass is 16.3. The first-order chi connectivity index (χ1) is 8.63. The summed E-state index contributed by atoms with van der Waals surface area (Å²) >= 11 is 0. The second-order valence-electron chi connectivity index (χ2n) is 4.51. The lowest BCUT2D eigenvalue weighted by Crippen LogP contribution is -2.13. The van der Waals surface area contributed by atoms with Crippen LogP contribution in [-0.2, 0) is 6.61 Å². The van der Waals surface area contributed by atoms with E-state index >= 15 is 0 Å². The Bertz CT molecular complexity index is 552. The van der Waals surface area contributed by atoms with E-state index in [2.05, 4.69) is 41.9 Å². The van der Waals surface area contributed by atoms with Gasteiger partial charge in [0.15, 0.2) is 0 Å². The summed E-state index contributed by atoms with van der Waals surface area (Å²) in [6.45, 7) is 4.18. The summed E-state index contributed by atoms with van der Waals surface area (Å²) in [4.78, 5) is 6.13. The van der Waals surface area contributed by atoms with Crippen molar-refractivity contribution in [3.05, 3.63) is 53.3 Å². The zero-order valence-corrected chi connectivity index (χ0v) is 11.0. The van der Waals surface area contributed by atoms with Crippen LogP contribution in [0.25, 0.3) is 0 Å². The van der Waals surface area contributed by atoms with Gasteiger partial charge in [0.1, 0.15) is 0 Å². The van der Waals surface area contributed by atoms with Crippen molar-refractivity contribution in [2.45, 2.75) is 20.5 Å². The van der Waals surface area contributed by atoms with Crippen LogP contribution in [0.3, 0.4) is 0 Å². The van der Waals surface area contributed by atoms with Gasteiger partial charge >= 0.3 is 0 Å². The van der Waals surface area contributed by atoms with Crippen molar-refractivity contribution in [2.75, 3.05) is 11.9 Å². The molecule has 3 heteroatoms. The smallest absolute Gasteiger partial charge is 0.0717 e. The molecule has 0 aliphatic carbocycles. The van der Waals surface area contributed by atoms with Gasteiger partial charge in [-0.1, -0.05) is 17.7 Å². The highest BCUT2D eigenvalue weighted by Crippen LogP contribution is 2.29. The molecule has 0 aliphatic heterocycles. The molecular formula is C15H18N2O. The third-order valence-electron chi connectivity index (χ3n) is 3.12. The fourth-order valence-corrected chi connectivity index (χ4v) is 2.18. The summed E-state index contributed by atoms with van der Waals surface area (Å²) < 4.78 is 0. The van der Waals surface area contributed by atoms with Gasteiger partial charge in [-0.05, 0) is 31.5 Å². The van der Waals surface area contributed by atoms with Gasteiger partial charge in [-0.15, -0.1) is 0 Å². The van der Waals surface area contributed by atoms with Crippen LogP contribution in [0.15, 0.2) is 36.7 Å². The summed E-state index contributed by atoms with van der Waals surface area (Å²) in [5.41, 5.74) is 5.43. The van der Waals surface area contributed by atoms with Crippen LogP contribution in [0.5, 0.6) is 0 Å². The molecule has 3 nitrogen and oxygen atoms in total. The minimum Gasteiger partial charge on any atom is -0.392 e. The molecule has 94 valence electrons. The van der Waals surface area contributed by atoms with Gasteiger partial charge in [0.05, 0.1) is 6.61 Å². The molecule has 0 unspecified atom stereocenters. The first kappa shape index (κ1) is 12.6. The molecule has 0 fully saturated rings. The standard InChI is InChI=1S/C15H18N2O/c1-11-4-5-14(12(2)8-11)17(3)15-6-7-16-9-13(15)10-18/h4-9,18H,10H2,1-3H3. The molecule has 1 aromatic carbocycles. The average Bonchev–Trinajstić information content (AvgIpc) is 2.38. The molecule has 0 spiro atoms. The van der Waals surface area contributed by atoms with E-state index in [-0.39, 0.29) is 6.61 Å². The van der Waals surface area contributed by atoms with Gasteiger partial charge in [0.2, 0.25) is 0 Å². The number of hydrogen-bond donors (Lipinski definition) is 1. The first-order valence-electron chi connectivity index (χ1n) is 5.98. The molecule has 2 rings (SSSR count). The van der Waals surface area contributed by atoms with E-state index in [0.29, 0.717) is 0 Å². The maximum absolute atomic E-state index is 9.36. The van der Waals surface area contributed by atoms with Gasteiger partial charge in [-0.2, -0.15) is 0 Å². The maximum Gasteiger partial charge on any atom is 0.0717 e. The lowest BCUT2D eigenvalue weighted by Gasteiger charge is -2.23. The van der Waals surface area contributed by atoms with Crippen LogP contribution in [-0.4, -0.2) is 17.1 Å². The number of aliphatic hydroxyl groups is 1. The van der Waals surface area contributed by atoms with E-state index in [1.807, 2.05) is 13.1 Å². The van der Waals surface area contributed by atoms with Crippen LogP contribution in [0.2, 0.25) is 0 Å². The van der Waals surface area contributed by atoms with E-state index in [1.165, 1.54) is 11.1 Å². The normalized spacial score (nSPS) is 10.4. The van der Waals surface area contributed by atoms with Crippen molar-refractivity contribution < 1.29 is 5.11 Å².